The molecule has 0 atom stereocenters. The molecule has 0 N–H and O–H groups in total. The Hall–Kier alpha value is -1.97. The maximum atomic E-state index is 11.5. The largest absolute Gasteiger partial charge is 0.493 e. The summed E-state index contributed by atoms with van der Waals surface area (Å²) < 4.78 is 15.7. The second kappa shape index (κ2) is 5.78. The topological polar surface area (TPSA) is 44.8 Å². The predicted molar refractivity (Wildman–Crippen MR) is 72.5 cm³/mol. The summed E-state index contributed by atoms with van der Waals surface area (Å²) in [6.07, 6.45) is 3.35. The molecule has 1 aromatic carbocycles. The van der Waals surface area contributed by atoms with E-state index in [9.17, 15) is 4.79 Å². The number of fused-ring (bicyclic) bond motifs is 1. The highest BCUT2D eigenvalue weighted by molar-refractivity contribution is 5.96. The molecule has 4 heteroatoms. The molecule has 0 amide bonds. The zero-order chi connectivity index (χ0) is 13.8. The van der Waals surface area contributed by atoms with Gasteiger partial charge in [-0.05, 0) is 35.8 Å². The van der Waals surface area contributed by atoms with E-state index in [1.165, 1.54) is 7.11 Å². The molecule has 19 heavy (non-hydrogen) atoms. The monoisotopic (exact) mass is 262 g/mol. The van der Waals surface area contributed by atoms with Crippen LogP contribution in [0, 0.1) is 0 Å². The van der Waals surface area contributed by atoms with Gasteiger partial charge in [-0.1, -0.05) is 6.92 Å². The summed E-state index contributed by atoms with van der Waals surface area (Å²) >= 11 is 0. The molecule has 0 bridgehead atoms. The van der Waals surface area contributed by atoms with Crippen LogP contribution in [-0.2, 0) is 16.0 Å². The maximum Gasteiger partial charge on any atom is 0.334 e. The van der Waals surface area contributed by atoms with Crippen LogP contribution in [0.25, 0.3) is 6.08 Å². The van der Waals surface area contributed by atoms with Gasteiger partial charge < -0.3 is 14.2 Å². The van der Waals surface area contributed by atoms with Gasteiger partial charge in [-0.3, -0.25) is 0 Å². The lowest BCUT2D eigenvalue weighted by Gasteiger charge is -2.12. The van der Waals surface area contributed by atoms with Crippen LogP contribution >= 0.6 is 0 Å². The zero-order valence-electron chi connectivity index (χ0n) is 11.5. The molecule has 0 unspecified atom stereocenters. The summed E-state index contributed by atoms with van der Waals surface area (Å²) in [6, 6.07) is 3.84. The van der Waals surface area contributed by atoms with E-state index in [1.54, 1.807) is 7.11 Å². The lowest BCUT2D eigenvalue weighted by Crippen LogP contribution is -2.04. The van der Waals surface area contributed by atoms with Gasteiger partial charge in [0.25, 0.3) is 0 Å². The summed E-state index contributed by atoms with van der Waals surface area (Å²) in [5, 5.41) is 0. The first kappa shape index (κ1) is 13.5. The van der Waals surface area contributed by atoms with E-state index in [4.69, 9.17) is 14.2 Å². The average Bonchev–Trinajstić information content (AvgIpc) is 2.85. The molecule has 0 fully saturated rings. The van der Waals surface area contributed by atoms with Gasteiger partial charge in [-0.2, -0.15) is 0 Å². The first-order valence-corrected chi connectivity index (χ1v) is 6.32. The molecular weight excluding hydrogens is 244 g/mol. The van der Waals surface area contributed by atoms with E-state index < -0.39 is 0 Å². The van der Waals surface area contributed by atoms with Crippen LogP contribution < -0.4 is 9.47 Å². The van der Waals surface area contributed by atoms with Crippen LogP contribution in [0.4, 0.5) is 0 Å². The molecule has 0 saturated carbocycles. The molecular formula is C15H18O4. The Morgan fingerprint density at radius 3 is 2.68 bits per heavy atom. The van der Waals surface area contributed by atoms with Gasteiger partial charge >= 0.3 is 5.97 Å². The molecule has 0 aliphatic heterocycles. The van der Waals surface area contributed by atoms with E-state index in [0.717, 1.165) is 23.3 Å². The van der Waals surface area contributed by atoms with Crippen LogP contribution in [0.15, 0.2) is 17.7 Å². The van der Waals surface area contributed by atoms with Crippen molar-refractivity contribution >= 4 is 12.0 Å². The Bertz CT molecular complexity index is 517. The summed E-state index contributed by atoms with van der Waals surface area (Å²) in [5.74, 6) is 1.13. The van der Waals surface area contributed by atoms with E-state index in [0.29, 0.717) is 24.4 Å². The normalized spacial score (nSPS) is 12.7. The van der Waals surface area contributed by atoms with Crippen molar-refractivity contribution in [1.29, 1.82) is 0 Å². The highest BCUT2D eigenvalue weighted by atomic mass is 16.5. The van der Waals surface area contributed by atoms with Gasteiger partial charge in [0.15, 0.2) is 11.5 Å². The molecule has 0 spiro atoms. The van der Waals surface area contributed by atoms with Crippen molar-refractivity contribution in [2.75, 3.05) is 20.8 Å². The van der Waals surface area contributed by atoms with E-state index in [2.05, 4.69) is 6.92 Å². The highest BCUT2D eigenvalue weighted by Crippen LogP contribution is 2.36. The summed E-state index contributed by atoms with van der Waals surface area (Å²) in [7, 11) is 3.00. The third-order valence-electron chi connectivity index (χ3n) is 3.05. The molecule has 1 aliphatic carbocycles. The standard InChI is InChI=1S/C15H18O4/c1-4-5-19-14-9-11-7-12(15(16)18-3)6-10(11)8-13(14)17-2/h6,8-9H,4-5,7H2,1-3H3. The number of esters is 1. The quantitative estimate of drug-likeness (QED) is 0.765. The number of hydrogen-bond donors (Lipinski definition) is 0. The molecule has 1 aromatic rings. The first-order valence-electron chi connectivity index (χ1n) is 6.32. The molecule has 0 saturated heterocycles. The van der Waals surface area contributed by atoms with Gasteiger partial charge in [-0.25, -0.2) is 4.79 Å². The summed E-state index contributed by atoms with van der Waals surface area (Å²) in [5.41, 5.74) is 2.71. The third kappa shape index (κ3) is 2.72. The second-order valence-corrected chi connectivity index (χ2v) is 4.39. The van der Waals surface area contributed by atoms with Crippen molar-refractivity contribution in [1.82, 2.24) is 0 Å². The number of carbonyl (C=O) groups is 1. The SMILES string of the molecule is CCCOc1cc2c(cc1OC)C=C(C(=O)OC)C2. The molecule has 1 aliphatic rings. The number of benzene rings is 1. The molecule has 4 nitrogen and oxygen atoms in total. The Morgan fingerprint density at radius 1 is 1.26 bits per heavy atom. The van der Waals surface area contributed by atoms with Crippen LogP contribution in [0.5, 0.6) is 11.5 Å². The van der Waals surface area contributed by atoms with Gasteiger partial charge in [0.1, 0.15) is 0 Å². The average molecular weight is 262 g/mol. The Balaban J connectivity index is 2.28. The van der Waals surface area contributed by atoms with Gasteiger partial charge in [-0.15, -0.1) is 0 Å². The minimum atomic E-state index is -0.286. The van der Waals surface area contributed by atoms with Gasteiger partial charge in [0, 0.05) is 12.0 Å². The van der Waals surface area contributed by atoms with Gasteiger partial charge in [0.05, 0.1) is 20.8 Å². The van der Waals surface area contributed by atoms with Crippen molar-refractivity contribution in [3.8, 4) is 11.5 Å². The number of carbonyl (C=O) groups excluding carboxylic acids is 1. The third-order valence-corrected chi connectivity index (χ3v) is 3.05. The van der Waals surface area contributed by atoms with Crippen LogP contribution in [0.3, 0.4) is 0 Å². The minimum Gasteiger partial charge on any atom is -0.493 e. The van der Waals surface area contributed by atoms with Crippen molar-refractivity contribution < 1.29 is 19.0 Å². The smallest absolute Gasteiger partial charge is 0.334 e. The van der Waals surface area contributed by atoms with Crippen molar-refractivity contribution in [3.63, 3.8) is 0 Å². The molecule has 0 heterocycles. The fourth-order valence-corrected chi connectivity index (χ4v) is 2.10. The predicted octanol–water partition coefficient (Wildman–Crippen LogP) is 2.60. The molecule has 2 rings (SSSR count). The van der Waals surface area contributed by atoms with Crippen molar-refractivity contribution in [3.05, 3.63) is 28.8 Å². The van der Waals surface area contributed by atoms with E-state index in [1.807, 2.05) is 18.2 Å². The molecule has 0 radical (unpaired) electrons. The van der Waals surface area contributed by atoms with E-state index >= 15 is 0 Å². The van der Waals surface area contributed by atoms with Crippen molar-refractivity contribution in [2.45, 2.75) is 19.8 Å². The molecule has 102 valence electrons. The zero-order valence-corrected chi connectivity index (χ0v) is 11.5. The van der Waals surface area contributed by atoms with Gasteiger partial charge in [0.2, 0.25) is 0 Å². The van der Waals surface area contributed by atoms with Crippen molar-refractivity contribution in [2.24, 2.45) is 0 Å². The fourth-order valence-electron chi connectivity index (χ4n) is 2.10. The van der Waals surface area contributed by atoms with Crippen LogP contribution in [0.1, 0.15) is 24.5 Å². The Labute approximate surface area is 113 Å². The minimum absolute atomic E-state index is 0.286. The Morgan fingerprint density at radius 2 is 2.05 bits per heavy atom. The lowest BCUT2D eigenvalue weighted by molar-refractivity contribution is -0.136. The highest BCUT2D eigenvalue weighted by Gasteiger charge is 2.21. The van der Waals surface area contributed by atoms with Crippen LogP contribution in [-0.4, -0.2) is 26.8 Å². The van der Waals surface area contributed by atoms with E-state index in [-0.39, 0.29) is 5.97 Å². The number of methoxy groups -OCH3 is 2. The summed E-state index contributed by atoms with van der Waals surface area (Å²) in [4.78, 5) is 11.5. The first-order chi connectivity index (χ1) is 9.19. The molecule has 0 aromatic heterocycles. The lowest BCUT2D eigenvalue weighted by atomic mass is 10.1. The Kier molecular flexibility index (Phi) is 4.10. The fraction of sp³-hybridized carbons (Fsp3) is 0.400. The second-order valence-electron chi connectivity index (χ2n) is 4.39. The maximum absolute atomic E-state index is 11.5. The number of rotatable bonds is 5. The number of hydrogen-bond acceptors (Lipinski definition) is 4. The summed E-state index contributed by atoms with van der Waals surface area (Å²) in [6.45, 7) is 2.70. The number of ether oxygens (including phenoxy) is 3. The van der Waals surface area contributed by atoms with Crippen LogP contribution in [0.2, 0.25) is 0 Å².